The van der Waals surface area contributed by atoms with Crippen LogP contribution < -0.4 is 0 Å². The van der Waals surface area contributed by atoms with Crippen molar-refractivity contribution in [3.63, 3.8) is 0 Å². The van der Waals surface area contributed by atoms with E-state index in [1.54, 1.807) is 0 Å². The molecule has 1 aliphatic heterocycles. The number of alkyl halides is 3. The summed E-state index contributed by atoms with van der Waals surface area (Å²) in [6.45, 7) is 1.98. The highest BCUT2D eigenvalue weighted by Gasteiger charge is 2.45. The predicted octanol–water partition coefficient (Wildman–Crippen LogP) is 3.73. The maximum Gasteiger partial charge on any atom is 0.408 e. The van der Waals surface area contributed by atoms with E-state index in [0.29, 0.717) is 36.8 Å². The van der Waals surface area contributed by atoms with Crippen LogP contribution in [-0.4, -0.2) is 39.7 Å². The molecule has 1 atom stereocenters. The first-order chi connectivity index (χ1) is 11.4. The van der Waals surface area contributed by atoms with Crippen LogP contribution in [0.15, 0.2) is 16.8 Å². The molecule has 8 heteroatoms. The van der Waals surface area contributed by atoms with E-state index in [2.05, 4.69) is 10.1 Å². The molecular weight excluding hydrogens is 323 g/mol. The van der Waals surface area contributed by atoms with Gasteiger partial charge in [0.25, 0.3) is 11.6 Å². The highest BCUT2D eigenvalue weighted by molar-refractivity contribution is 5.97. The van der Waals surface area contributed by atoms with Crippen molar-refractivity contribution >= 4 is 17.0 Å². The molecule has 5 nitrogen and oxygen atoms in total. The summed E-state index contributed by atoms with van der Waals surface area (Å²) in [6.07, 6.45) is -0.909. The monoisotopic (exact) mass is 341 g/mol. The van der Waals surface area contributed by atoms with Gasteiger partial charge in [-0.15, -0.1) is 0 Å². The highest BCUT2D eigenvalue weighted by atomic mass is 19.4. The van der Waals surface area contributed by atoms with Gasteiger partial charge in [-0.2, -0.15) is 13.2 Å². The van der Waals surface area contributed by atoms with Crippen LogP contribution in [0.3, 0.4) is 0 Å². The van der Waals surface area contributed by atoms with Gasteiger partial charge in [-0.05, 0) is 25.3 Å². The molecule has 0 saturated carbocycles. The minimum Gasteiger partial charge on any atom is -0.336 e. The summed E-state index contributed by atoms with van der Waals surface area (Å²) < 4.78 is 45.1. The molecule has 0 N–H and O–H groups in total. The number of carbonyl (C=O) groups is 1. The van der Waals surface area contributed by atoms with Crippen LogP contribution in [-0.2, 0) is 6.42 Å². The second kappa shape index (κ2) is 6.41. The maximum atomic E-state index is 13.3. The predicted molar refractivity (Wildman–Crippen MR) is 80.5 cm³/mol. The van der Waals surface area contributed by atoms with E-state index in [9.17, 15) is 18.0 Å². The molecule has 24 heavy (non-hydrogen) atoms. The van der Waals surface area contributed by atoms with Crippen molar-refractivity contribution in [1.29, 1.82) is 0 Å². The molecule has 0 radical (unpaired) electrons. The first kappa shape index (κ1) is 16.7. The Hall–Kier alpha value is -2.12. The standard InChI is InChI=1S/C16H18F3N3O2/c1-2-12-11-8-10(9-20-14(11)24-21-12)15(23)22-7-5-3-4-6-13(22)16(17,18)19/h8-9,13H,2-7H2,1H3. The summed E-state index contributed by atoms with van der Waals surface area (Å²) in [5.41, 5.74) is 1.05. The van der Waals surface area contributed by atoms with Crippen LogP contribution in [0.25, 0.3) is 11.1 Å². The zero-order valence-corrected chi connectivity index (χ0v) is 13.3. The third-order valence-electron chi connectivity index (χ3n) is 4.38. The van der Waals surface area contributed by atoms with E-state index in [1.807, 2.05) is 6.92 Å². The van der Waals surface area contributed by atoms with Crippen LogP contribution >= 0.6 is 0 Å². The Morgan fingerprint density at radius 1 is 1.38 bits per heavy atom. The Bertz CT molecular complexity index is 742. The van der Waals surface area contributed by atoms with Gasteiger partial charge in [-0.1, -0.05) is 24.9 Å². The fraction of sp³-hybridized carbons (Fsp3) is 0.562. The van der Waals surface area contributed by atoms with Crippen molar-refractivity contribution in [3.8, 4) is 0 Å². The molecule has 0 bridgehead atoms. The van der Waals surface area contributed by atoms with Crippen molar-refractivity contribution in [2.24, 2.45) is 0 Å². The van der Waals surface area contributed by atoms with Crippen molar-refractivity contribution < 1.29 is 22.5 Å². The van der Waals surface area contributed by atoms with E-state index in [4.69, 9.17) is 4.52 Å². The van der Waals surface area contributed by atoms with Gasteiger partial charge in [0.15, 0.2) is 0 Å². The van der Waals surface area contributed by atoms with Crippen molar-refractivity contribution in [2.75, 3.05) is 6.54 Å². The fourth-order valence-electron chi connectivity index (χ4n) is 3.11. The Kier molecular flexibility index (Phi) is 4.47. The maximum absolute atomic E-state index is 13.3. The largest absolute Gasteiger partial charge is 0.408 e. The van der Waals surface area contributed by atoms with E-state index in [0.717, 1.165) is 4.90 Å². The number of fused-ring (bicyclic) bond motifs is 1. The number of nitrogens with zero attached hydrogens (tertiary/aromatic N) is 3. The topological polar surface area (TPSA) is 59.2 Å². The summed E-state index contributed by atoms with van der Waals surface area (Å²) in [7, 11) is 0. The van der Waals surface area contributed by atoms with Crippen LogP contribution in [0.1, 0.15) is 48.7 Å². The molecule has 1 unspecified atom stereocenters. The van der Waals surface area contributed by atoms with Gasteiger partial charge in [-0.3, -0.25) is 4.79 Å². The summed E-state index contributed by atoms with van der Waals surface area (Å²) >= 11 is 0. The summed E-state index contributed by atoms with van der Waals surface area (Å²) in [5, 5.41) is 4.42. The van der Waals surface area contributed by atoms with Crippen LogP contribution in [0.4, 0.5) is 13.2 Å². The number of halogens is 3. The summed E-state index contributed by atoms with van der Waals surface area (Å²) in [5.74, 6) is -0.642. The number of likely N-dealkylation sites (tertiary alicyclic amines) is 1. The zero-order valence-electron chi connectivity index (χ0n) is 13.3. The van der Waals surface area contributed by atoms with E-state index in [1.165, 1.54) is 12.3 Å². The van der Waals surface area contributed by atoms with Crippen LogP contribution in [0.5, 0.6) is 0 Å². The number of rotatable bonds is 2. The van der Waals surface area contributed by atoms with Gasteiger partial charge in [0, 0.05) is 12.7 Å². The van der Waals surface area contributed by atoms with Gasteiger partial charge >= 0.3 is 6.18 Å². The second-order valence-corrected chi connectivity index (χ2v) is 5.96. The first-order valence-electron chi connectivity index (χ1n) is 8.03. The average Bonchev–Trinajstić information content (AvgIpc) is 2.78. The van der Waals surface area contributed by atoms with Crippen molar-refractivity contribution in [1.82, 2.24) is 15.0 Å². The molecule has 1 saturated heterocycles. The lowest BCUT2D eigenvalue weighted by Crippen LogP contribution is -2.48. The lowest BCUT2D eigenvalue weighted by atomic mass is 10.1. The van der Waals surface area contributed by atoms with E-state index in [-0.39, 0.29) is 24.2 Å². The number of pyridine rings is 1. The van der Waals surface area contributed by atoms with Gasteiger partial charge in [-0.25, -0.2) is 4.98 Å². The molecule has 1 aliphatic rings. The quantitative estimate of drug-likeness (QED) is 0.835. The highest BCUT2D eigenvalue weighted by Crippen LogP contribution is 2.32. The second-order valence-electron chi connectivity index (χ2n) is 5.96. The minimum absolute atomic E-state index is 0.0572. The number of hydrogen-bond donors (Lipinski definition) is 0. The van der Waals surface area contributed by atoms with Gasteiger partial charge in [0.1, 0.15) is 6.04 Å². The number of carbonyl (C=O) groups excluding carboxylic acids is 1. The molecule has 3 rings (SSSR count). The minimum atomic E-state index is -4.43. The molecule has 0 aliphatic carbocycles. The normalized spacial score (nSPS) is 19.5. The van der Waals surface area contributed by atoms with Crippen molar-refractivity contribution in [3.05, 3.63) is 23.5 Å². The first-order valence-corrected chi connectivity index (χ1v) is 8.03. The molecule has 3 heterocycles. The van der Waals surface area contributed by atoms with Crippen molar-refractivity contribution in [2.45, 2.75) is 51.2 Å². The third-order valence-corrected chi connectivity index (χ3v) is 4.38. The summed E-state index contributed by atoms with van der Waals surface area (Å²) in [4.78, 5) is 17.7. The van der Waals surface area contributed by atoms with Crippen LogP contribution in [0, 0.1) is 0 Å². The van der Waals surface area contributed by atoms with E-state index >= 15 is 0 Å². The summed E-state index contributed by atoms with van der Waals surface area (Å²) in [6, 6.07) is -0.213. The average molecular weight is 341 g/mol. The molecule has 2 aromatic rings. The molecule has 1 fully saturated rings. The Morgan fingerprint density at radius 2 is 2.17 bits per heavy atom. The van der Waals surface area contributed by atoms with Gasteiger partial charge < -0.3 is 9.42 Å². The lowest BCUT2D eigenvalue weighted by molar-refractivity contribution is -0.177. The molecule has 0 aromatic carbocycles. The van der Waals surface area contributed by atoms with Crippen LogP contribution in [0.2, 0.25) is 0 Å². The lowest BCUT2D eigenvalue weighted by Gasteiger charge is -2.31. The fourth-order valence-corrected chi connectivity index (χ4v) is 3.11. The molecule has 1 amide bonds. The number of aromatic nitrogens is 2. The number of aryl methyl sites for hydroxylation is 1. The van der Waals surface area contributed by atoms with Gasteiger partial charge in [0.05, 0.1) is 16.6 Å². The molecule has 0 spiro atoms. The van der Waals surface area contributed by atoms with E-state index < -0.39 is 18.1 Å². The molecule has 2 aromatic heterocycles. The Balaban J connectivity index is 1.96. The van der Waals surface area contributed by atoms with Gasteiger partial charge in [0.2, 0.25) is 0 Å². The Labute approximate surface area is 136 Å². The Morgan fingerprint density at radius 3 is 2.88 bits per heavy atom. The zero-order chi connectivity index (χ0) is 17.3. The molecule has 130 valence electrons. The smallest absolute Gasteiger partial charge is 0.336 e. The molecular formula is C16H18F3N3O2. The SMILES string of the molecule is CCc1noc2ncc(C(=O)N3CCCCCC3C(F)(F)F)cc12. The number of hydrogen-bond acceptors (Lipinski definition) is 4. The third kappa shape index (κ3) is 3.09. The number of amides is 1.